The highest BCUT2D eigenvalue weighted by molar-refractivity contribution is 5.79. The summed E-state index contributed by atoms with van der Waals surface area (Å²) in [6.07, 6.45) is 3.46. The number of benzene rings is 2. The zero-order valence-electron chi connectivity index (χ0n) is 18.4. The highest BCUT2D eigenvalue weighted by atomic mass is 16.5. The molecule has 3 unspecified atom stereocenters. The summed E-state index contributed by atoms with van der Waals surface area (Å²) in [5, 5.41) is 6.97. The molecule has 3 atom stereocenters. The first-order chi connectivity index (χ1) is 14.7. The van der Waals surface area contributed by atoms with Crippen molar-refractivity contribution in [3.8, 4) is 5.75 Å². The normalized spacial score (nSPS) is 20.4. The van der Waals surface area contributed by atoms with E-state index in [9.17, 15) is 0 Å². The van der Waals surface area contributed by atoms with E-state index in [1.807, 2.05) is 19.2 Å². The van der Waals surface area contributed by atoms with E-state index in [-0.39, 0.29) is 6.10 Å². The molecular weight excluding hydrogens is 374 g/mol. The molecule has 0 aromatic heterocycles. The molecule has 1 aliphatic rings. The van der Waals surface area contributed by atoms with Gasteiger partial charge in [-0.3, -0.25) is 4.99 Å². The third kappa shape index (κ3) is 6.23. The third-order valence-electron chi connectivity index (χ3n) is 5.88. The van der Waals surface area contributed by atoms with Gasteiger partial charge in [-0.05, 0) is 48.4 Å². The summed E-state index contributed by atoms with van der Waals surface area (Å²) in [6.45, 7) is 4.82. The standard InChI is InChI=1S/C25H35N3O2/c1-19(20-11-13-23(29-3)14-12-20)15-16-27-25(26-2)28-18-22-10-7-17-30-24(22)21-8-5-4-6-9-21/h4-6,8-9,11-14,19,22,24H,7,10,15-18H2,1-3H3,(H2,26,27,28). The Morgan fingerprint density at radius 2 is 1.90 bits per heavy atom. The number of rotatable bonds is 8. The van der Waals surface area contributed by atoms with Gasteiger partial charge in [-0.1, -0.05) is 49.4 Å². The molecule has 0 saturated carbocycles. The summed E-state index contributed by atoms with van der Waals surface area (Å²) in [5.74, 6) is 2.66. The molecule has 5 heteroatoms. The predicted molar refractivity (Wildman–Crippen MR) is 123 cm³/mol. The second kappa shape index (κ2) is 11.6. The van der Waals surface area contributed by atoms with Gasteiger partial charge in [0.25, 0.3) is 0 Å². The second-order valence-electron chi connectivity index (χ2n) is 7.95. The van der Waals surface area contributed by atoms with Crippen molar-refractivity contribution in [2.45, 2.75) is 38.2 Å². The number of methoxy groups -OCH3 is 1. The van der Waals surface area contributed by atoms with E-state index in [4.69, 9.17) is 9.47 Å². The number of guanidine groups is 1. The molecule has 30 heavy (non-hydrogen) atoms. The van der Waals surface area contributed by atoms with Crippen LogP contribution in [0.25, 0.3) is 0 Å². The van der Waals surface area contributed by atoms with Crippen molar-refractivity contribution in [3.05, 3.63) is 65.7 Å². The maximum Gasteiger partial charge on any atom is 0.190 e. The van der Waals surface area contributed by atoms with Crippen molar-refractivity contribution >= 4 is 5.96 Å². The first-order valence-electron chi connectivity index (χ1n) is 11.0. The van der Waals surface area contributed by atoms with Crippen molar-refractivity contribution in [3.63, 3.8) is 0 Å². The molecule has 0 radical (unpaired) electrons. The van der Waals surface area contributed by atoms with Crippen LogP contribution in [0.3, 0.4) is 0 Å². The predicted octanol–water partition coefficient (Wildman–Crippen LogP) is 4.52. The van der Waals surface area contributed by atoms with Crippen LogP contribution in [-0.4, -0.2) is 39.8 Å². The minimum Gasteiger partial charge on any atom is -0.497 e. The molecular formula is C25H35N3O2. The van der Waals surface area contributed by atoms with Crippen molar-refractivity contribution < 1.29 is 9.47 Å². The maximum absolute atomic E-state index is 6.11. The Balaban J connectivity index is 1.45. The summed E-state index contributed by atoms with van der Waals surface area (Å²) >= 11 is 0. The Bertz CT molecular complexity index is 777. The molecule has 0 bridgehead atoms. The highest BCUT2D eigenvalue weighted by Crippen LogP contribution is 2.33. The molecule has 1 heterocycles. The summed E-state index contributed by atoms with van der Waals surface area (Å²) in [5.41, 5.74) is 2.59. The van der Waals surface area contributed by atoms with E-state index in [0.717, 1.165) is 50.7 Å². The third-order valence-corrected chi connectivity index (χ3v) is 5.88. The molecule has 0 amide bonds. The number of hydrogen-bond acceptors (Lipinski definition) is 3. The Labute approximate surface area is 180 Å². The Hall–Kier alpha value is -2.53. The summed E-state index contributed by atoms with van der Waals surface area (Å²) in [7, 11) is 3.52. The zero-order chi connectivity index (χ0) is 21.2. The molecule has 1 fully saturated rings. The van der Waals surface area contributed by atoms with Crippen LogP contribution in [0.4, 0.5) is 0 Å². The van der Waals surface area contributed by atoms with E-state index < -0.39 is 0 Å². The molecule has 5 nitrogen and oxygen atoms in total. The number of hydrogen-bond donors (Lipinski definition) is 2. The van der Waals surface area contributed by atoms with Crippen LogP contribution < -0.4 is 15.4 Å². The Morgan fingerprint density at radius 3 is 2.60 bits per heavy atom. The lowest BCUT2D eigenvalue weighted by Crippen LogP contribution is -2.42. The molecule has 0 aliphatic carbocycles. The Morgan fingerprint density at radius 1 is 1.13 bits per heavy atom. The molecule has 3 rings (SSSR count). The van der Waals surface area contributed by atoms with Crippen LogP contribution in [0.5, 0.6) is 5.75 Å². The average Bonchev–Trinajstić information content (AvgIpc) is 2.82. The van der Waals surface area contributed by atoms with Gasteiger partial charge < -0.3 is 20.1 Å². The molecule has 2 aromatic rings. The van der Waals surface area contributed by atoms with Gasteiger partial charge in [-0.2, -0.15) is 0 Å². The molecule has 1 aliphatic heterocycles. The van der Waals surface area contributed by atoms with Gasteiger partial charge in [-0.15, -0.1) is 0 Å². The number of ether oxygens (including phenoxy) is 2. The van der Waals surface area contributed by atoms with Gasteiger partial charge in [0, 0.05) is 32.7 Å². The van der Waals surface area contributed by atoms with E-state index >= 15 is 0 Å². The number of nitrogens with zero attached hydrogens (tertiary/aromatic N) is 1. The van der Waals surface area contributed by atoms with Crippen LogP contribution in [-0.2, 0) is 4.74 Å². The van der Waals surface area contributed by atoms with E-state index in [1.54, 1.807) is 7.11 Å². The largest absolute Gasteiger partial charge is 0.497 e. The number of aliphatic imine (C=N–C) groups is 1. The molecule has 1 saturated heterocycles. The van der Waals surface area contributed by atoms with Crippen LogP contribution in [0, 0.1) is 5.92 Å². The van der Waals surface area contributed by atoms with Gasteiger partial charge >= 0.3 is 0 Å². The SMILES string of the molecule is CN=C(NCCC(C)c1ccc(OC)cc1)NCC1CCCOC1c1ccccc1. The van der Waals surface area contributed by atoms with E-state index in [1.165, 1.54) is 11.1 Å². The monoisotopic (exact) mass is 409 g/mol. The first-order valence-corrected chi connectivity index (χ1v) is 11.0. The van der Waals surface area contributed by atoms with Crippen LogP contribution in [0.2, 0.25) is 0 Å². The molecule has 2 aromatic carbocycles. The lowest BCUT2D eigenvalue weighted by Gasteiger charge is -2.32. The number of nitrogens with one attached hydrogen (secondary N) is 2. The van der Waals surface area contributed by atoms with Crippen LogP contribution in [0.15, 0.2) is 59.6 Å². The lowest BCUT2D eigenvalue weighted by atomic mass is 9.89. The van der Waals surface area contributed by atoms with Crippen molar-refractivity contribution in [1.82, 2.24) is 10.6 Å². The summed E-state index contributed by atoms with van der Waals surface area (Å²) in [4.78, 5) is 4.40. The smallest absolute Gasteiger partial charge is 0.190 e. The van der Waals surface area contributed by atoms with Gasteiger partial charge in [0.05, 0.1) is 13.2 Å². The van der Waals surface area contributed by atoms with Gasteiger partial charge in [0.15, 0.2) is 5.96 Å². The topological polar surface area (TPSA) is 54.9 Å². The van der Waals surface area contributed by atoms with E-state index in [0.29, 0.717) is 11.8 Å². The lowest BCUT2D eigenvalue weighted by molar-refractivity contribution is -0.0265. The molecule has 2 N–H and O–H groups in total. The zero-order valence-corrected chi connectivity index (χ0v) is 18.4. The summed E-state index contributed by atoms with van der Waals surface area (Å²) < 4.78 is 11.4. The average molecular weight is 410 g/mol. The molecule has 162 valence electrons. The van der Waals surface area contributed by atoms with Crippen LogP contribution in [0.1, 0.15) is 49.3 Å². The fourth-order valence-electron chi connectivity index (χ4n) is 4.02. The van der Waals surface area contributed by atoms with Crippen LogP contribution >= 0.6 is 0 Å². The second-order valence-corrected chi connectivity index (χ2v) is 7.95. The maximum atomic E-state index is 6.11. The minimum absolute atomic E-state index is 0.153. The van der Waals surface area contributed by atoms with Gasteiger partial charge in [-0.25, -0.2) is 0 Å². The van der Waals surface area contributed by atoms with Crippen molar-refractivity contribution in [2.75, 3.05) is 33.9 Å². The fourth-order valence-corrected chi connectivity index (χ4v) is 4.02. The van der Waals surface area contributed by atoms with Crippen molar-refractivity contribution in [2.24, 2.45) is 10.9 Å². The molecule has 0 spiro atoms. The van der Waals surface area contributed by atoms with Gasteiger partial charge in [0.1, 0.15) is 5.75 Å². The van der Waals surface area contributed by atoms with E-state index in [2.05, 4.69) is 65.0 Å². The van der Waals surface area contributed by atoms with Gasteiger partial charge in [0.2, 0.25) is 0 Å². The Kier molecular flexibility index (Phi) is 8.57. The highest BCUT2D eigenvalue weighted by Gasteiger charge is 2.27. The minimum atomic E-state index is 0.153. The van der Waals surface area contributed by atoms with Crippen molar-refractivity contribution in [1.29, 1.82) is 0 Å². The fraction of sp³-hybridized carbons (Fsp3) is 0.480. The quantitative estimate of drug-likeness (QED) is 0.497. The first kappa shape index (κ1) is 22.2. The summed E-state index contributed by atoms with van der Waals surface area (Å²) in [6, 6.07) is 18.9.